The topological polar surface area (TPSA) is 99.0 Å². The van der Waals surface area contributed by atoms with E-state index in [1.54, 1.807) is 18.2 Å². The number of aromatic nitrogens is 4. The zero-order valence-corrected chi connectivity index (χ0v) is 14.9. The molecular formula is C17H14FN5O3S. The Hall–Kier alpha value is -3.27. The van der Waals surface area contributed by atoms with Gasteiger partial charge in [0.05, 0.1) is 24.1 Å². The molecule has 3 aromatic rings. The van der Waals surface area contributed by atoms with Crippen LogP contribution in [0.4, 0.5) is 10.1 Å². The van der Waals surface area contributed by atoms with Crippen LogP contribution in [0.2, 0.25) is 0 Å². The molecule has 0 fully saturated rings. The molecule has 27 heavy (non-hydrogen) atoms. The summed E-state index contributed by atoms with van der Waals surface area (Å²) in [6, 6.07) is 12.1. The summed E-state index contributed by atoms with van der Waals surface area (Å²) >= 11 is 1.12. The Kier molecular flexibility index (Phi) is 5.77. The van der Waals surface area contributed by atoms with Gasteiger partial charge in [-0.2, -0.15) is 4.68 Å². The van der Waals surface area contributed by atoms with Gasteiger partial charge in [0.15, 0.2) is 0 Å². The van der Waals surface area contributed by atoms with Crippen molar-refractivity contribution >= 4 is 29.3 Å². The number of hydrogen-bond acceptors (Lipinski definition) is 7. The van der Waals surface area contributed by atoms with Crippen molar-refractivity contribution in [3.63, 3.8) is 0 Å². The Balaban J connectivity index is 1.63. The third kappa shape index (κ3) is 4.67. The molecule has 0 unspecified atom stereocenters. The number of carbonyl (C=O) groups excluding carboxylic acids is 2. The Labute approximate surface area is 157 Å². The largest absolute Gasteiger partial charge is 0.465 e. The number of tetrazole rings is 1. The van der Waals surface area contributed by atoms with Crippen molar-refractivity contribution in [2.75, 3.05) is 18.2 Å². The molecule has 1 heterocycles. The lowest BCUT2D eigenvalue weighted by atomic mass is 10.2. The van der Waals surface area contributed by atoms with E-state index in [4.69, 9.17) is 0 Å². The van der Waals surface area contributed by atoms with Crippen molar-refractivity contribution in [2.24, 2.45) is 0 Å². The average Bonchev–Trinajstić information content (AvgIpc) is 3.15. The van der Waals surface area contributed by atoms with Crippen LogP contribution in [-0.4, -0.2) is 44.9 Å². The van der Waals surface area contributed by atoms with Crippen molar-refractivity contribution in [3.8, 4) is 5.69 Å². The van der Waals surface area contributed by atoms with Crippen LogP contribution in [0.15, 0.2) is 53.7 Å². The first-order valence-corrected chi connectivity index (χ1v) is 8.71. The van der Waals surface area contributed by atoms with Crippen molar-refractivity contribution in [2.45, 2.75) is 5.16 Å². The van der Waals surface area contributed by atoms with E-state index in [1.807, 2.05) is 0 Å². The Bertz CT molecular complexity index is 961. The number of rotatable bonds is 6. The van der Waals surface area contributed by atoms with E-state index in [9.17, 15) is 14.0 Å². The van der Waals surface area contributed by atoms with Crippen LogP contribution in [0.3, 0.4) is 0 Å². The van der Waals surface area contributed by atoms with E-state index < -0.39 is 5.97 Å². The molecule has 138 valence electrons. The molecule has 0 bridgehead atoms. The van der Waals surface area contributed by atoms with E-state index in [2.05, 4.69) is 25.6 Å². The first-order valence-electron chi connectivity index (χ1n) is 7.72. The lowest BCUT2D eigenvalue weighted by Crippen LogP contribution is -2.15. The molecule has 0 saturated carbocycles. The van der Waals surface area contributed by atoms with Crippen molar-refractivity contribution in [1.29, 1.82) is 0 Å². The van der Waals surface area contributed by atoms with Gasteiger partial charge in [-0.05, 0) is 52.9 Å². The van der Waals surface area contributed by atoms with E-state index in [-0.39, 0.29) is 17.5 Å². The van der Waals surface area contributed by atoms with E-state index in [1.165, 1.54) is 42.1 Å². The smallest absolute Gasteiger partial charge is 0.337 e. The minimum atomic E-state index is -0.487. The number of nitrogens with one attached hydrogen (secondary N) is 1. The number of hydrogen-bond donors (Lipinski definition) is 1. The predicted octanol–water partition coefficient (Wildman–Crippen LogP) is 2.32. The van der Waals surface area contributed by atoms with Crippen LogP contribution < -0.4 is 5.32 Å². The monoisotopic (exact) mass is 387 g/mol. The highest BCUT2D eigenvalue weighted by atomic mass is 32.2. The number of benzene rings is 2. The van der Waals surface area contributed by atoms with Gasteiger partial charge in [0.1, 0.15) is 5.82 Å². The molecule has 0 radical (unpaired) electrons. The highest BCUT2D eigenvalue weighted by molar-refractivity contribution is 7.99. The number of amides is 1. The third-order valence-electron chi connectivity index (χ3n) is 3.41. The average molecular weight is 387 g/mol. The molecule has 0 saturated heterocycles. The van der Waals surface area contributed by atoms with E-state index in [0.29, 0.717) is 22.1 Å². The van der Waals surface area contributed by atoms with Crippen LogP contribution in [0.25, 0.3) is 5.69 Å². The minimum Gasteiger partial charge on any atom is -0.465 e. The second kappa shape index (κ2) is 8.41. The number of thioether (sulfide) groups is 1. The van der Waals surface area contributed by atoms with Gasteiger partial charge < -0.3 is 10.1 Å². The first kappa shape index (κ1) is 18.5. The van der Waals surface area contributed by atoms with Gasteiger partial charge in [-0.3, -0.25) is 4.79 Å². The molecular weight excluding hydrogens is 373 g/mol. The third-order valence-corrected chi connectivity index (χ3v) is 4.33. The summed E-state index contributed by atoms with van der Waals surface area (Å²) in [7, 11) is 1.29. The van der Waals surface area contributed by atoms with Gasteiger partial charge in [0.25, 0.3) is 0 Å². The molecule has 10 heteroatoms. The number of ether oxygens (including phenoxy) is 1. The molecule has 0 aliphatic rings. The highest BCUT2D eigenvalue weighted by Gasteiger charge is 2.13. The number of anilines is 1. The van der Waals surface area contributed by atoms with Crippen molar-refractivity contribution in [3.05, 3.63) is 59.9 Å². The van der Waals surface area contributed by atoms with E-state index >= 15 is 0 Å². The standard InChI is InChI=1S/C17H14FN5O3S/c1-26-16(25)11-3-2-4-13(9-11)19-15(24)10-27-17-20-21-22-23(17)14-7-5-12(18)6-8-14/h2-9H,10H2,1H3,(H,19,24). The quantitative estimate of drug-likeness (QED) is 0.512. The molecule has 1 aromatic heterocycles. The lowest BCUT2D eigenvalue weighted by Gasteiger charge is -2.07. The van der Waals surface area contributed by atoms with Gasteiger partial charge >= 0.3 is 5.97 Å². The maximum absolute atomic E-state index is 13.0. The fourth-order valence-corrected chi connectivity index (χ4v) is 2.87. The Morgan fingerprint density at radius 3 is 2.74 bits per heavy atom. The molecule has 3 rings (SSSR count). The maximum atomic E-state index is 13.0. The molecule has 0 aliphatic carbocycles. The summed E-state index contributed by atoms with van der Waals surface area (Å²) < 4.78 is 19.1. The van der Waals surface area contributed by atoms with Crippen LogP contribution >= 0.6 is 11.8 Å². The summed E-state index contributed by atoms with van der Waals surface area (Å²) in [5, 5.41) is 14.4. The fourth-order valence-electron chi connectivity index (χ4n) is 2.18. The summed E-state index contributed by atoms with van der Waals surface area (Å²) in [4.78, 5) is 23.7. The zero-order valence-electron chi connectivity index (χ0n) is 14.1. The van der Waals surface area contributed by atoms with Crippen LogP contribution in [-0.2, 0) is 9.53 Å². The van der Waals surface area contributed by atoms with Gasteiger partial charge in [-0.1, -0.05) is 17.8 Å². The fraction of sp³-hybridized carbons (Fsp3) is 0.118. The highest BCUT2D eigenvalue weighted by Crippen LogP contribution is 2.19. The zero-order chi connectivity index (χ0) is 19.2. The summed E-state index contributed by atoms with van der Waals surface area (Å²) in [6.45, 7) is 0. The molecule has 2 aromatic carbocycles. The number of carbonyl (C=O) groups is 2. The lowest BCUT2D eigenvalue weighted by molar-refractivity contribution is -0.113. The summed E-state index contributed by atoms with van der Waals surface area (Å²) in [5.41, 5.74) is 1.39. The Morgan fingerprint density at radius 1 is 1.22 bits per heavy atom. The van der Waals surface area contributed by atoms with Gasteiger partial charge in [0, 0.05) is 5.69 Å². The normalized spacial score (nSPS) is 10.4. The second-order valence-electron chi connectivity index (χ2n) is 5.26. The number of nitrogens with zero attached hydrogens (tertiary/aromatic N) is 4. The number of halogens is 1. The molecule has 1 N–H and O–H groups in total. The van der Waals surface area contributed by atoms with Gasteiger partial charge in [-0.25, -0.2) is 9.18 Å². The molecule has 0 spiro atoms. The molecule has 0 atom stereocenters. The Morgan fingerprint density at radius 2 is 2.00 bits per heavy atom. The van der Waals surface area contributed by atoms with Crippen LogP contribution in [0, 0.1) is 5.82 Å². The van der Waals surface area contributed by atoms with E-state index in [0.717, 1.165) is 11.8 Å². The second-order valence-corrected chi connectivity index (χ2v) is 6.20. The predicted molar refractivity (Wildman–Crippen MR) is 96.2 cm³/mol. The summed E-state index contributed by atoms with van der Waals surface area (Å²) in [5.74, 6) is -1.10. The maximum Gasteiger partial charge on any atom is 0.337 e. The minimum absolute atomic E-state index is 0.0457. The number of methoxy groups -OCH3 is 1. The SMILES string of the molecule is COC(=O)c1cccc(NC(=O)CSc2nnnn2-c2ccc(F)cc2)c1. The van der Waals surface area contributed by atoms with Crippen molar-refractivity contribution in [1.82, 2.24) is 20.2 Å². The van der Waals surface area contributed by atoms with Crippen LogP contribution in [0.1, 0.15) is 10.4 Å². The van der Waals surface area contributed by atoms with Gasteiger partial charge in [0.2, 0.25) is 11.1 Å². The van der Waals surface area contributed by atoms with Crippen molar-refractivity contribution < 1.29 is 18.7 Å². The summed E-state index contributed by atoms with van der Waals surface area (Å²) in [6.07, 6.45) is 0. The molecule has 0 aliphatic heterocycles. The first-order chi connectivity index (χ1) is 13.1. The van der Waals surface area contributed by atoms with Crippen LogP contribution in [0.5, 0.6) is 0 Å². The number of esters is 1. The molecule has 1 amide bonds. The van der Waals surface area contributed by atoms with Gasteiger partial charge in [-0.15, -0.1) is 5.10 Å². The molecule has 8 nitrogen and oxygen atoms in total.